The van der Waals surface area contributed by atoms with E-state index in [2.05, 4.69) is 9.72 Å². The van der Waals surface area contributed by atoms with Crippen molar-refractivity contribution in [3.8, 4) is 5.88 Å². The summed E-state index contributed by atoms with van der Waals surface area (Å²) in [5, 5.41) is 0. The molecule has 0 radical (unpaired) electrons. The lowest BCUT2D eigenvalue weighted by Gasteiger charge is -2.29. The molecule has 0 fully saturated rings. The first kappa shape index (κ1) is 20.1. The van der Waals surface area contributed by atoms with Gasteiger partial charge in [-0.3, -0.25) is 0 Å². The standard InChI is InChI=1S/C16H23F3N2O3/c1-10-7-12(8-20-13(10)23-9-16(17,18)19)11(2)21(6)14(22)24-15(3,4)5/h7-8,11H,9H2,1-6H3. The lowest BCUT2D eigenvalue weighted by Crippen LogP contribution is -2.35. The zero-order valence-corrected chi connectivity index (χ0v) is 14.7. The second-order valence-corrected chi connectivity index (χ2v) is 6.56. The number of ether oxygens (including phenoxy) is 2. The van der Waals surface area contributed by atoms with Crippen molar-refractivity contribution in [3.05, 3.63) is 23.4 Å². The average Bonchev–Trinajstić information content (AvgIpc) is 2.41. The zero-order valence-electron chi connectivity index (χ0n) is 14.7. The Morgan fingerprint density at radius 2 is 1.92 bits per heavy atom. The molecule has 1 amide bonds. The summed E-state index contributed by atoms with van der Waals surface area (Å²) in [6, 6.07) is 1.28. The molecule has 1 aromatic heterocycles. The summed E-state index contributed by atoms with van der Waals surface area (Å²) in [7, 11) is 1.59. The summed E-state index contributed by atoms with van der Waals surface area (Å²) in [6.45, 7) is 7.28. The minimum absolute atomic E-state index is 0.0804. The van der Waals surface area contributed by atoms with E-state index in [1.54, 1.807) is 47.7 Å². The predicted molar refractivity (Wildman–Crippen MR) is 82.9 cm³/mol. The van der Waals surface area contributed by atoms with Crippen molar-refractivity contribution in [2.24, 2.45) is 0 Å². The number of hydrogen-bond donors (Lipinski definition) is 0. The highest BCUT2D eigenvalue weighted by Gasteiger charge is 2.29. The van der Waals surface area contributed by atoms with Gasteiger partial charge in [-0.2, -0.15) is 13.2 Å². The molecule has 0 aliphatic rings. The van der Waals surface area contributed by atoms with Crippen molar-refractivity contribution in [2.45, 2.75) is 52.4 Å². The van der Waals surface area contributed by atoms with Crippen LogP contribution in [0.1, 0.15) is 44.9 Å². The molecule has 0 aliphatic carbocycles. The first-order valence-electron chi connectivity index (χ1n) is 7.42. The van der Waals surface area contributed by atoms with Crippen LogP contribution in [0.2, 0.25) is 0 Å². The topological polar surface area (TPSA) is 51.7 Å². The van der Waals surface area contributed by atoms with Crippen molar-refractivity contribution < 1.29 is 27.4 Å². The van der Waals surface area contributed by atoms with E-state index in [1.165, 1.54) is 11.1 Å². The highest BCUT2D eigenvalue weighted by Crippen LogP contribution is 2.25. The number of amides is 1. The highest BCUT2D eigenvalue weighted by atomic mass is 19.4. The van der Waals surface area contributed by atoms with Crippen LogP contribution in [-0.4, -0.2) is 41.4 Å². The lowest BCUT2D eigenvalue weighted by atomic mass is 10.1. The van der Waals surface area contributed by atoms with Gasteiger partial charge in [-0.05, 0) is 46.2 Å². The van der Waals surface area contributed by atoms with Crippen LogP contribution in [0.5, 0.6) is 5.88 Å². The fourth-order valence-electron chi connectivity index (χ4n) is 1.83. The summed E-state index contributed by atoms with van der Waals surface area (Å²) >= 11 is 0. The van der Waals surface area contributed by atoms with E-state index in [9.17, 15) is 18.0 Å². The van der Waals surface area contributed by atoms with Gasteiger partial charge in [0.2, 0.25) is 5.88 Å². The summed E-state index contributed by atoms with van der Waals surface area (Å²) in [6.07, 6.45) is -3.52. The minimum atomic E-state index is -4.42. The van der Waals surface area contributed by atoms with E-state index in [-0.39, 0.29) is 11.9 Å². The van der Waals surface area contributed by atoms with Gasteiger partial charge in [-0.15, -0.1) is 0 Å². The third-order valence-electron chi connectivity index (χ3n) is 3.17. The molecule has 1 heterocycles. The summed E-state index contributed by atoms with van der Waals surface area (Å²) < 4.78 is 46.6. The molecule has 0 aromatic carbocycles. The van der Waals surface area contributed by atoms with Gasteiger partial charge >= 0.3 is 12.3 Å². The summed E-state index contributed by atoms with van der Waals surface area (Å²) in [5.74, 6) is -0.0804. The van der Waals surface area contributed by atoms with Crippen LogP contribution in [0.15, 0.2) is 12.3 Å². The van der Waals surface area contributed by atoms with Gasteiger partial charge in [0.25, 0.3) is 0 Å². The second kappa shape index (κ2) is 7.27. The predicted octanol–water partition coefficient (Wildman–Crippen LogP) is 4.26. The Balaban J connectivity index is 2.83. The molecule has 1 atom stereocenters. The van der Waals surface area contributed by atoms with Crippen molar-refractivity contribution in [1.82, 2.24) is 9.88 Å². The monoisotopic (exact) mass is 348 g/mol. The average molecular weight is 348 g/mol. The van der Waals surface area contributed by atoms with Crippen molar-refractivity contribution >= 4 is 6.09 Å². The Morgan fingerprint density at radius 1 is 1.33 bits per heavy atom. The van der Waals surface area contributed by atoms with Crippen LogP contribution in [0, 0.1) is 6.92 Å². The van der Waals surface area contributed by atoms with E-state index < -0.39 is 24.5 Å². The normalized spacial score (nSPS) is 13.4. The molecule has 0 spiro atoms. The largest absolute Gasteiger partial charge is 0.468 e. The molecular formula is C16H23F3N2O3. The first-order valence-corrected chi connectivity index (χ1v) is 7.42. The quantitative estimate of drug-likeness (QED) is 0.816. The second-order valence-electron chi connectivity index (χ2n) is 6.56. The van der Waals surface area contributed by atoms with E-state index in [4.69, 9.17) is 4.74 Å². The first-order chi connectivity index (χ1) is 10.8. The molecule has 5 nitrogen and oxygen atoms in total. The van der Waals surface area contributed by atoms with Crippen LogP contribution < -0.4 is 4.74 Å². The molecule has 0 N–H and O–H groups in total. The number of hydrogen-bond acceptors (Lipinski definition) is 4. The number of alkyl halides is 3. The Bertz CT molecular complexity index is 583. The summed E-state index contributed by atoms with van der Waals surface area (Å²) in [5.41, 5.74) is 0.510. The van der Waals surface area contributed by atoms with Crippen LogP contribution in [0.25, 0.3) is 0 Å². The van der Waals surface area contributed by atoms with Gasteiger partial charge in [0.15, 0.2) is 6.61 Å². The molecule has 0 saturated carbocycles. The number of aromatic nitrogens is 1. The number of halogens is 3. The fraction of sp³-hybridized carbons (Fsp3) is 0.625. The molecule has 1 unspecified atom stereocenters. The number of aryl methyl sites for hydroxylation is 1. The van der Waals surface area contributed by atoms with Crippen LogP contribution in [0.3, 0.4) is 0 Å². The third-order valence-corrected chi connectivity index (χ3v) is 3.17. The molecule has 1 aromatic rings. The SMILES string of the molecule is Cc1cc(C(C)N(C)C(=O)OC(C)(C)C)cnc1OCC(F)(F)F. The Kier molecular flexibility index (Phi) is 6.08. The van der Waals surface area contributed by atoms with Crippen LogP contribution in [-0.2, 0) is 4.74 Å². The van der Waals surface area contributed by atoms with Gasteiger partial charge in [0.1, 0.15) is 5.60 Å². The smallest absolute Gasteiger partial charge is 0.422 e. The van der Waals surface area contributed by atoms with E-state index in [0.717, 1.165) is 0 Å². The zero-order chi connectivity index (χ0) is 18.7. The molecule has 1 rings (SSSR count). The molecule has 24 heavy (non-hydrogen) atoms. The van der Waals surface area contributed by atoms with Gasteiger partial charge in [0, 0.05) is 18.8 Å². The molecule has 136 valence electrons. The van der Waals surface area contributed by atoms with Crippen molar-refractivity contribution in [3.63, 3.8) is 0 Å². The number of rotatable bonds is 4. The van der Waals surface area contributed by atoms with E-state index in [0.29, 0.717) is 11.1 Å². The van der Waals surface area contributed by atoms with Gasteiger partial charge in [0.05, 0.1) is 6.04 Å². The van der Waals surface area contributed by atoms with Gasteiger partial charge in [-0.25, -0.2) is 9.78 Å². The lowest BCUT2D eigenvalue weighted by molar-refractivity contribution is -0.154. The maximum atomic E-state index is 12.2. The van der Waals surface area contributed by atoms with Gasteiger partial charge in [-0.1, -0.05) is 0 Å². The summed E-state index contributed by atoms with van der Waals surface area (Å²) in [4.78, 5) is 17.4. The van der Waals surface area contributed by atoms with Crippen LogP contribution in [0.4, 0.5) is 18.0 Å². The molecule has 0 bridgehead atoms. The number of nitrogens with zero attached hydrogens (tertiary/aromatic N) is 2. The maximum absolute atomic E-state index is 12.2. The number of carbonyl (C=O) groups is 1. The fourth-order valence-corrected chi connectivity index (χ4v) is 1.83. The van der Waals surface area contributed by atoms with Crippen molar-refractivity contribution in [2.75, 3.05) is 13.7 Å². The molecule has 0 aliphatic heterocycles. The van der Waals surface area contributed by atoms with E-state index >= 15 is 0 Å². The molecule has 0 saturated heterocycles. The minimum Gasteiger partial charge on any atom is -0.468 e. The Labute approximate surface area is 139 Å². The Hall–Kier alpha value is -1.99. The van der Waals surface area contributed by atoms with Crippen LogP contribution >= 0.6 is 0 Å². The number of carbonyl (C=O) groups excluding carboxylic acids is 1. The van der Waals surface area contributed by atoms with Crippen molar-refractivity contribution in [1.29, 1.82) is 0 Å². The highest BCUT2D eigenvalue weighted by molar-refractivity contribution is 5.68. The number of pyridine rings is 1. The molecule has 8 heteroatoms. The third kappa shape index (κ3) is 6.25. The van der Waals surface area contributed by atoms with E-state index in [1.807, 2.05) is 0 Å². The maximum Gasteiger partial charge on any atom is 0.422 e. The Morgan fingerprint density at radius 3 is 2.38 bits per heavy atom. The van der Waals surface area contributed by atoms with Gasteiger partial charge < -0.3 is 14.4 Å². The molecular weight excluding hydrogens is 325 g/mol.